The van der Waals surface area contributed by atoms with Gasteiger partial charge in [0.15, 0.2) is 17.5 Å². The first-order chi connectivity index (χ1) is 23.7. The van der Waals surface area contributed by atoms with Crippen LogP contribution in [0.2, 0.25) is 0 Å². The first kappa shape index (κ1) is 41.0. The Labute approximate surface area is 298 Å². The highest BCUT2D eigenvalue weighted by Crippen LogP contribution is 2.30. The molecule has 51 heavy (non-hydrogen) atoms. The molecule has 0 saturated heterocycles. The predicted octanol–water partition coefficient (Wildman–Crippen LogP) is 4.22. The summed E-state index contributed by atoms with van der Waals surface area (Å²) in [6.45, 7) is 9.76. The fraction of sp³-hybridized carbons (Fsp3) is 0.455. The topological polar surface area (TPSA) is 194 Å². The highest BCUT2D eigenvalue weighted by Gasteiger charge is 2.31. The molecule has 1 unspecified atom stereocenters. The number of aliphatic hydroxyl groups is 1. The third-order valence-corrected chi connectivity index (χ3v) is 10.1. The lowest BCUT2D eigenvalue weighted by atomic mass is 10.0. The van der Waals surface area contributed by atoms with Crippen molar-refractivity contribution >= 4 is 39.3 Å². The molecule has 2 amide bonds. The van der Waals surface area contributed by atoms with E-state index in [0.717, 1.165) is 11.3 Å². The lowest BCUT2D eigenvalue weighted by Gasteiger charge is -2.27. The number of aliphatic imine (C=N–C) groups is 1. The average molecular weight is 757 g/mol. The number of hydrogen-bond donors (Lipinski definition) is 5. The number of amides is 2. The zero-order chi connectivity index (χ0) is 38.3. The number of carbonyl (C=O) groups is 2. The smallest absolute Gasteiger partial charge is 0.408 e. The van der Waals surface area contributed by atoms with Crippen molar-refractivity contribution in [3.8, 4) is 5.75 Å². The molecule has 3 rings (SSSR count). The highest BCUT2D eigenvalue weighted by molar-refractivity contribution is 7.90. The van der Waals surface area contributed by atoms with Gasteiger partial charge < -0.3 is 30.9 Å². The van der Waals surface area contributed by atoms with E-state index in [1.807, 2.05) is 0 Å². The number of aryl methyl sites for hydroxylation is 1. The van der Waals surface area contributed by atoms with Crippen LogP contribution >= 0.6 is 11.3 Å². The Morgan fingerprint density at radius 3 is 2.29 bits per heavy atom. The van der Waals surface area contributed by atoms with E-state index in [9.17, 15) is 36.3 Å². The highest BCUT2D eigenvalue weighted by atomic mass is 32.2. The Hall–Kier alpha value is -4.42. The van der Waals surface area contributed by atoms with Gasteiger partial charge in [-0.1, -0.05) is 0 Å². The molecule has 2 aromatic carbocycles. The van der Waals surface area contributed by atoms with E-state index in [1.54, 1.807) is 53.0 Å². The number of nitrogens with one attached hydrogen (secondary N) is 3. The van der Waals surface area contributed by atoms with Crippen LogP contribution in [-0.4, -0.2) is 67.8 Å². The number of carbonyl (C=O) groups excluding carboxylic acids is 2. The van der Waals surface area contributed by atoms with Gasteiger partial charge in [0.05, 0.1) is 18.0 Å². The second kappa shape index (κ2) is 17.2. The molecule has 3 aromatic rings. The molecule has 0 bridgehead atoms. The van der Waals surface area contributed by atoms with Crippen molar-refractivity contribution in [1.82, 2.24) is 20.3 Å². The SMILES string of the molecule is COc1cc(C)c(S(=O)(=O)NC(N)=NCCC[C@H](NC(=O)[C@H](Cc2cc(F)c(F)c(F)c2)NC(=O)OC(C)(C)C)C(O)c2nccs2)c(C)c1C. The predicted molar refractivity (Wildman–Crippen MR) is 185 cm³/mol. The van der Waals surface area contributed by atoms with E-state index < -0.39 is 69.7 Å². The summed E-state index contributed by atoms with van der Waals surface area (Å²) in [4.78, 5) is 34.5. The van der Waals surface area contributed by atoms with Crippen LogP contribution in [0, 0.1) is 38.2 Å². The lowest BCUT2D eigenvalue weighted by molar-refractivity contribution is -0.124. The number of alkyl carbamates (subject to hydrolysis) is 1. The lowest BCUT2D eigenvalue weighted by Crippen LogP contribution is -2.52. The first-order valence-corrected chi connectivity index (χ1v) is 18.1. The van der Waals surface area contributed by atoms with Gasteiger partial charge in [-0.15, -0.1) is 11.3 Å². The number of methoxy groups -OCH3 is 1. The minimum absolute atomic E-state index is 0.0291. The maximum atomic E-state index is 14.0. The third-order valence-electron chi connectivity index (χ3n) is 7.57. The Morgan fingerprint density at radius 2 is 1.73 bits per heavy atom. The molecule has 280 valence electrons. The monoisotopic (exact) mass is 756 g/mol. The number of benzene rings is 2. The maximum Gasteiger partial charge on any atom is 0.408 e. The van der Waals surface area contributed by atoms with Crippen LogP contribution in [0.15, 0.2) is 39.7 Å². The maximum absolute atomic E-state index is 14.0. The van der Waals surface area contributed by atoms with Crippen molar-refractivity contribution in [3.63, 3.8) is 0 Å². The van der Waals surface area contributed by atoms with Crippen molar-refractivity contribution in [3.05, 3.63) is 74.5 Å². The molecule has 18 heteroatoms. The number of rotatable bonds is 14. The van der Waals surface area contributed by atoms with E-state index in [2.05, 4.69) is 25.3 Å². The summed E-state index contributed by atoms with van der Waals surface area (Å²) in [5.74, 6) is -5.36. The number of nitrogens with two attached hydrogens (primary N) is 1. The van der Waals surface area contributed by atoms with Crippen LogP contribution in [0.4, 0.5) is 18.0 Å². The van der Waals surface area contributed by atoms with Crippen molar-refractivity contribution in [2.75, 3.05) is 13.7 Å². The van der Waals surface area contributed by atoms with E-state index in [-0.39, 0.29) is 40.8 Å². The summed E-state index contributed by atoms with van der Waals surface area (Å²) in [7, 11) is -2.64. The van der Waals surface area contributed by atoms with E-state index >= 15 is 0 Å². The first-order valence-electron chi connectivity index (χ1n) is 15.7. The number of ether oxygens (including phenoxy) is 2. The Bertz CT molecular complexity index is 1830. The molecule has 0 spiro atoms. The van der Waals surface area contributed by atoms with E-state index in [4.69, 9.17) is 15.2 Å². The van der Waals surface area contributed by atoms with Gasteiger partial charge in [0.1, 0.15) is 28.5 Å². The van der Waals surface area contributed by atoms with Crippen molar-refractivity contribution in [2.45, 2.75) is 89.5 Å². The Kier molecular flexibility index (Phi) is 13.8. The summed E-state index contributed by atoms with van der Waals surface area (Å²) >= 11 is 1.12. The Balaban J connectivity index is 1.79. The van der Waals surface area contributed by atoms with Gasteiger partial charge in [-0.2, -0.15) is 0 Å². The van der Waals surface area contributed by atoms with Crippen LogP contribution in [0.3, 0.4) is 0 Å². The van der Waals surface area contributed by atoms with Gasteiger partial charge in [0, 0.05) is 24.5 Å². The number of aliphatic hydroxyl groups excluding tert-OH is 1. The molecule has 0 aliphatic rings. The molecule has 0 aliphatic carbocycles. The van der Waals surface area contributed by atoms with Gasteiger partial charge >= 0.3 is 6.09 Å². The summed E-state index contributed by atoms with van der Waals surface area (Å²) in [6, 6.07) is 0.496. The average Bonchev–Trinajstić information content (AvgIpc) is 3.56. The van der Waals surface area contributed by atoms with Crippen molar-refractivity contribution < 1.29 is 45.8 Å². The zero-order valence-corrected chi connectivity index (χ0v) is 30.9. The number of aromatic nitrogens is 1. The number of hydrogen-bond acceptors (Lipinski definition) is 10. The van der Waals surface area contributed by atoms with Crippen molar-refractivity contribution in [1.29, 1.82) is 0 Å². The third kappa shape index (κ3) is 11.3. The number of thiazole rings is 1. The van der Waals surface area contributed by atoms with E-state index in [0.29, 0.717) is 34.6 Å². The molecule has 6 N–H and O–H groups in total. The molecule has 1 aromatic heterocycles. The summed E-state index contributed by atoms with van der Waals surface area (Å²) in [5.41, 5.74) is 6.42. The summed E-state index contributed by atoms with van der Waals surface area (Å²) in [5, 5.41) is 18.0. The zero-order valence-electron chi connectivity index (χ0n) is 29.3. The van der Waals surface area contributed by atoms with Crippen LogP contribution < -0.4 is 25.8 Å². The number of guanidine groups is 1. The number of nitrogens with zero attached hydrogens (tertiary/aromatic N) is 2. The van der Waals surface area contributed by atoms with Gasteiger partial charge in [0.2, 0.25) is 11.9 Å². The molecular weight excluding hydrogens is 714 g/mol. The van der Waals surface area contributed by atoms with Crippen LogP contribution in [-0.2, 0) is 26.0 Å². The number of halogens is 3. The summed E-state index contributed by atoms with van der Waals surface area (Å²) < 4.78 is 80.9. The van der Waals surface area contributed by atoms with Crippen molar-refractivity contribution in [2.24, 2.45) is 10.7 Å². The molecule has 0 aliphatic heterocycles. The number of sulfonamides is 1. The minimum Gasteiger partial charge on any atom is -0.496 e. The molecule has 1 heterocycles. The summed E-state index contributed by atoms with van der Waals surface area (Å²) in [6.07, 6.45) is -1.12. The minimum atomic E-state index is -4.12. The molecular formula is C33H43F3N6O7S2. The van der Waals surface area contributed by atoms with Gasteiger partial charge in [0.25, 0.3) is 10.0 Å². The second-order valence-electron chi connectivity index (χ2n) is 12.7. The molecule has 3 atom stereocenters. The van der Waals surface area contributed by atoms with Gasteiger partial charge in [-0.25, -0.2) is 36.1 Å². The largest absolute Gasteiger partial charge is 0.496 e. The molecule has 13 nitrogen and oxygen atoms in total. The fourth-order valence-electron chi connectivity index (χ4n) is 5.14. The molecule has 0 saturated carbocycles. The Morgan fingerprint density at radius 1 is 1.08 bits per heavy atom. The van der Waals surface area contributed by atoms with Crippen LogP contribution in [0.1, 0.15) is 67.0 Å². The van der Waals surface area contributed by atoms with Gasteiger partial charge in [-0.3, -0.25) is 9.79 Å². The fourth-order valence-corrected chi connectivity index (χ4v) is 7.31. The second-order valence-corrected chi connectivity index (χ2v) is 15.2. The quantitative estimate of drug-likeness (QED) is 0.0693. The standard InChI is InChI=1S/C33H43F3N6O7S2/c1-17-13-25(48-7)18(2)19(3)28(17)51(46,47)42-31(37)39-10-8-9-23(27(43)30-38-11-12-50-30)40-29(44)24(41-32(45)49-33(4,5)6)16-20-14-21(34)26(36)22(35)15-20/h11-15,23-24,27,43H,8-10,16H2,1-7H3,(H,40,44)(H,41,45)(H3,37,39,42)/t23-,24-,27?/m0/s1. The molecule has 0 fully saturated rings. The van der Waals surface area contributed by atoms with E-state index in [1.165, 1.54) is 13.3 Å². The van der Waals surface area contributed by atoms with Crippen LogP contribution in [0.5, 0.6) is 5.75 Å². The van der Waals surface area contributed by atoms with Crippen LogP contribution in [0.25, 0.3) is 0 Å². The normalized spacial score (nSPS) is 14.0. The van der Waals surface area contributed by atoms with Gasteiger partial charge in [-0.05, 0) is 94.8 Å². The molecule has 0 radical (unpaired) electrons.